The number of H-pyrrole nitrogens is 1. The van der Waals surface area contributed by atoms with E-state index in [1.165, 1.54) is 46.1 Å². The largest absolute Gasteiger partial charge is 0.358 e. The summed E-state index contributed by atoms with van der Waals surface area (Å²) >= 11 is 0. The Bertz CT molecular complexity index is 998. The van der Waals surface area contributed by atoms with Gasteiger partial charge in [0.1, 0.15) is 0 Å². The van der Waals surface area contributed by atoms with Gasteiger partial charge in [0.05, 0.1) is 0 Å². The highest BCUT2D eigenvalue weighted by Crippen LogP contribution is 2.47. The maximum absolute atomic E-state index is 3.76. The summed E-state index contributed by atoms with van der Waals surface area (Å²) in [7, 11) is 0. The number of aromatic amines is 1. The lowest BCUT2D eigenvalue weighted by molar-refractivity contribution is 0.561. The average molecular weight is 323 g/mol. The first-order chi connectivity index (χ1) is 12.4. The van der Waals surface area contributed by atoms with E-state index in [9.17, 15) is 0 Å². The molecule has 1 nitrogen and oxygen atoms in total. The van der Waals surface area contributed by atoms with Gasteiger partial charge in [-0.25, -0.2) is 0 Å². The number of nitrogens with one attached hydrogen (secondary N) is 1. The third kappa shape index (κ3) is 2.39. The van der Waals surface area contributed by atoms with Gasteiger partial charge in [-0.3, -0.25) is 0 Å². The molecule has 2 atom stereocenters. The van der Waals surface area contributed by atoms with Gasteiger partial charge >= 0.3 is 0 Å². The second-order valence-corrected chi connectivity index (χ2v) is 7.00. The Morgan fingerprint density at radius 3 is 1.88 bits per heavy atom. The van der Waals surface area contributed by atoms with Crippen molar-refractivity contribution in [2.75, 3.05) is 0 Å². The normalized spacial score (nSPS) is 19.7. The van der Waals surface area contributed by atoms with Gasteiger partial charge in [0.2, 0.25) is 0 Å². The Kier molecular flexibility index (Phi) is 3.45. The molecule has 0 spiro atoms. The van der Waals surface area contributed by atoms with Crippen molar-refractivity contribution in [2.24, 2.45) is 0 Å². The fraction of sp³-hybridized carbons (Fsp3) is 0.167. The van der Waals surface area contributed by atoms with Gasteiger partial charge in [-0.15, -0.1) is 0 Å². The molecule has 5 rings (SSSR count). The van der Waals surface area contributed by atoms with E-state index < -0.39 is 0 Å². The summed E-state index contributed by atoms with van der Waals surface area (Å²) in [6.45, 7) is 0. The van der Waals surface area contributed by atoms with E-state index in [4.69, 9.17) is 0 Å². The molecule has 25 heavy (non-hydrogen) atoms. The van der Waals surface area contributed by atoms with E-state index in [1.54, 1.807) is 0 Å². The molecular weight excluding hydrogens is 302 g/mol. The van der Waals surface area contributed by atoms with Gasteiger partial charge in [-0.2, -0.15) is 0 Å². The molecule has 1 heteroatoms. The van der Waals surface area contributed by atoms with Crippen LogP contribution in [0.25, 0.3) is 10.9 Å². The standard InChI is InChI=1S/C24H21N/c1-3-9-17(10-4-1)19-15-16-20(18-11-5-2-6-12-18)24-23(19)21-13-7-8-14-22(21)25-24/h1-14,19-20,25H,15-16H2. The van der Waals surface area contributed by atoms with Crippen LogP contribution in [0.3, 0.4) is 0 Å². The zero-order valence-electron chi connectivity index (χ0n) is 14.2. The van der Waals surface area contributed by atoms with Crippen LogP contribution < -0.4 is 0 Å². The van der Waals surface area contributed by atoms with E-state index in [0.29, 0.717) is 11.8 Å². The Balaban J connectivity index is 1.73. The van der Waals surface area contributed by atoms with Crippen LogP contribution >= 0.6 is 0 Å². The summed E-state index contributed by atoms with van der Waals surface area (Å²) in [6, 6.07) is 30.7. The number of fused-ring (bicyclic) bond motifs is 3. The van der Waals surface area contributed by atoms with E-state index in [1.807, 2.05) is 0 Å². The monoisotopic (exact) mass is 323 g/mol. The van der Waals surface area contributed by atoms with Crippen LogP contribution in [0.5, 0.6) is 0 Å². The molecule has 4 aromatic rings. The fourth-order valence-electron chi connectivity index (χ4n) is 4.49. The predicted octanol–water partition coefficient (Wildman–Crippen LogP) is 6.23. The van der Waals surface area contributed by atoms with Crippen molar-refractivity contribution in [3.8, 4) is 0 Å². The maximum Gasteiger partial charge on any atom is 0.0459 e. The van der Waals surface area contributed by atoms with Crippen molar-refractivity contribution < 1.29 is 0 Å². The molecule has 3 aromatic carbocycles. The molecule has 0 amide bonds. The Morgan fingerprint density at radius 1 is 0.600 bits per heavy atom. The van der Waals surface area contributed by atoms with Crippen molar-refractivity contribution in [1.82, 2.24) is 4.98 Å². The summed E-state index contributed by atoms with van der Waals surface area (Å²) in [5, 5.41) is 1.38. The Hall–Kier alpha value is -2.80. The Labute approximate surface area is 148 Å². The zero-order chi connectivity index (χ0) is 16.6. The van der Waals surface area contributed by atoms with Crippen molar-refractivity contribution in [3.05, 3.63) is 107 Å². The van der Waals surface area contributed by atoms with Crippen LogP contribution in [0.1, 0.15) is 47.1 Å². The summed E-state index contributed by atoms with van der Waals surface area (Å²) in [4.78, 5) is 3.76. The third-order valence-electron chi connectivity index (χ3n) is 5.62. The summed E-state index contributed by atoms with van der Waals surface area (Å²) < 4.78 is 0. The van der Waals surface area contributed by atoms with E-state index >= 15 is 0 Å². The van der Waals surface area contributed by atoms with Gasteiger partial charge in [-0.05, 0) is 35.6 Å². The minimum absolute atomic E-state index is 0.462. The van der Waals surface area contributed by atoms with Gasteiger partial charge in [0, 0.05) is 28.4 Å². The van der Waals surface area contributed by atoms with Crippen LogP contribution in [0.2, 0.25) is 0 Å². The highest BCUT2D eigenvalue weighted by molar-refractivity contribution is 5.86. The number of aromatic nitrogens is 1. The topological polar surface area (TPSA) is 15.8 Å². The van der Waals surface area contributed by atoms with Gasteiger partial charge in [-0.1, -0.05) is 78.9 Å². The first-order valence-electron chi connectivity index (χ1n) is 9.12. The van der Waals surface area contributed by atoms with Crippen LogP contribution in [-0.4, -0.2) is 4.98 Å². The number of hydrogen-bond donors (Lipinski definition) is 1. The highest BCUT2D eigenvalue weighted by atomic mass is 14.7. The van der Waals surface area contributed by atoms with Gasteiger partial charge in [0.15, 0.2) is 0 Å². The van der Waals surface area contributed by atoms with Crippen LogP contribution in [0, 0.1) is 0 Å². The fourth-order valence-corrected chi connectivity index (χ4v) is 4.49. The highest BCUT2D eigenvalue weighted by Gasteiger charge is 2.32. The molecule has 1 aliphatic carbocycles. The lowest BCUT2D eigenvalue weighted by Gasteiger charge is -2.30. The summed E-state index contributed by atoms with van der Waals surface area (Å²) in [5.74, 6) is 0.941. The zero-order valence-corrected chi connectivity index (χ0v) is 14.2. The van der Waals surface area contributed by atoms with Crippen LogP contribution in [0.15, 0.2) is 84.9 Å². The van der Waals surface area contributed by atoms with Gasteiger partial charge in [0.25, 0.3) is 0 Å². The molecule has 1 aromatic heterocycles. The number of rotatable bonds is 2. The molecule has 0 saturated carbocycles. The first-order valence-corrected chi connectivity index (χ1v) is 9.12. The molecule has 1 heterocycles. The molecule has 122 valence electrons. The second kappa shape index (κ2) is 5.93. The number of para-hydroxylation sites is 1. The lowest BCUT2D eigenvalue weighted by Crippen LogP contribution is -2.15. The Morgan fingerprint density at radius 2 is 1.16 bits per heavy atom. The second-order valence-electron chi connectivity index (χ2n) is 7.00. The molecule has 1 aliphatic rings. The SMILES string of the molecule is c1ccc(C2CCC(c3ccccc3)c3c2[nH]c2ccccc32)cc1. The number of benzene rings is 3. The van der Waals surface area contributed by atoms with Gasteiger partial charge < -0.3 is 4.98 Å². The van der Waals surface area contributed by atoms with E-state index in [-0.39, 0.29) is 0 Å². The molecule has 0 radical (unpaired) electrons. The summed E-state index contributed by atoms with van der Waals surface area (Å²) in [6.07, 6.45) is 2.38. The minimum atomic E-state index is 0.462. The summed E-state index contributed by atoms with van der Waals surface area (Å²) in [5.41, 5.74) is 7.02. The first kappa shape index (κ1) is 14.5. The third-order valence-corrected chi connectivity index (χ3v) is 5.62. The average Bonchev–Trinajstić information content (AvgIpc) is 3.08. The lowest BCUT2D eigenvalue weighted by atomic mass is 9.74. The van der Waals surface area contributed by atoms with Crippen molar-refractivity contribution in [2.45, 2.75) is 24.7 Å². The maximum atomic E-state index is 3.76. The van der Waals surface area contributed by atoms with Crippen LogP contribution in [0.4, 0.5) is 0 Å². The minimum Gasteiger partial charge on any atom is -0.358 e. The molecule has 1 N–H and O–H groups in total. The predicted molar refractivity (Wildman–Crippen MR) is 104 cm³/mol. The molecule has 0 saturated heterocycles. The molecular formula is C24H21N. The smallest absolute Gasteiger partial charge is 0.0459 e. The quantitative estimate of drug-likeness (QED) is 0.450. The van der Waals surface area contributed by atoms with Crippen molar-refractivity contribution in [3.63, 3.8) is 0 Å². The van der Waals surface area contributed by atoms with Crippen LogP contribution in [-0.2, 0) is 0 Å². The van der Waals surface area contributed by atoms with E-state index in [0.717, 1.165) is 0 Å². The van der Waals surface area contributed by atoms with Crippen molar-refractivity contribution >= 4 is 10.9 Å². The molecule has 0 bridgehead atoms. The molecule has 0 aliphatic heterocycles. The molecule has 0 fully saturated rings. The van der Waals surface area contributed by atoms with Crippen molar-refractivity contribution in [1.29, 1.82) is 0 Å². The number of hydrogen-bond acceptors (Lipinski definition) is 0. The molecule has 2 unspecified atom stereocenters. The van der Waals surface area contributed by atoms with E-state index in [2.05, 4.69) is 89.9 Å².